The van der Waals surface area contributed by atoms with Crippen LogP contribution in [0.3, 0.4) is 0 Å². The predicted molar refractivity (Wildman–Crippen MR) is 134 cm³/mol. The first kappa shape index (κ1) is 26.5. The van der Waals surface area contributed by atoms with Gasteiger partial charge in [-0.1, -0.05) is 6.92 Å². The summed E-state index contributed by atoms with van der Waals surface area (Å²) in [7, 11) is 0. The van der Waals surface area contributed by atoms with Gasteiger partial charge in [0.2, 0.25) is 0 Å². The van der Waals surface area contributed by atoms with Gasteiger partial charge in [-0.05, 0) is 46.1 Å². The first-order chi connectivity index (χ1) is 17.8. The molecular formula is C25H29F3N4O5S. The van der Waals surface area contributed by atoms with E-state index in [4.69, 9.17) is 9.15 Å². The van der Waals surface area contributed by atoms with E-state index < -0.39 is 23.8 Å². The molecule has 1 aromatic carbocycles. The number of carbonyl (C=O) groups is 1. The van der Waals surface area contributed by atoms with Gasteiger partial charge in [-0.15, -0.1) is 24.5 Å². The molecule has 0 aliphatic carbocycles. The molecule has 1 N–H and O–H groups in total. The zero-order valence-electron chi connectivity index (χ0n) is 21.4. The molecule has 3 aromatic rings. The Morgan fingerprint density at radius 2 is 1.95 bits per heavy atom. The van der Waals surface area contributed by atoms with Crippen molar-refractivity contribution in [3.8, 4) is 16.3 Å². The highest BCUT2D eigenvalue weighted by molar-refractivity contribution is 7.13. The predicted octanol–water partition coefficient (Wildman–Crippen LogP) is 5.88. The molecule has 2 aromatic heterocycles. The van der Waals surface area contributed by atoms with Crippen LogP contribution in [0.2, 0.25) is 0 Å². The van der Waals surface area contributed by atoms with E-state index in [9.17, 15) is 23.1 Å². The van der Waals surface area contributed by atoms with Crippen LogP contribution < -0.4 is 9.64 Å². The first-order valence-electron chi connectivity index (χ1n) is 12.4. The number of hydrogen-bond acceptors (Lipinski definition) is 9. The van der Waals surface area contributed by atoms with Crippen LogP contribution in [-0.2, 0) is 4.74 Å². The van der Waals surface area contributed by atoms with Crippen LogP contribution in [0.5, 0.6) is 5.75 Å². The lowest BCUT2D eigenvalue weighted by Gasteiger charge is -2.40. The number of fused-ring (bicyclic) bond motifs is 3. The molecule has 3 unspecified atom stereocenters. The summed E-state index contributed by atoms with van der Waals surface area (Å²) in [6, 6.07) is 1.24. The molecule has 2 saturated heterocycles. The third-order valence-electron chi connectivity index (χ3n) is 6.62. The maximum atomic E-state index is 13.5. The van der Waals surface area contributed by atoms with Crippen molar-refractivity contribution >= 4 is 34.5 Å². The van der Waals surface area contributed by atoms with E-state index in [2.05, 4.69) is 14.7 Å². The van der Waals surface area contributed by atoms with Crippen molar-refractivity contribution in [1.29, 1.82) is 0 Å². The number of alkyl halides is 3. The highest BCUT2D eigenvalue weighted by atomic mass is 32.1. The summed E-state index contributed by atoms with van der Waals surface area (Å²) in [5, 5.41) is 12.8. The molecule has 2 aliphatic heterocycles. The molecule has 4 heterocycles. The second kappa shape index (κ2) is 9.60. The summed E-state index contributed by atoms with van der Waals surface area (Å²) in [6.45, 7) is 7.86. The third kappa shape index (κ3) is 5.13. The smallest absolute Gasteiger partial charge is 0.444 e. The molecule has 2 fully saturated rings. The number of amides is 1. The Morgan fingerprint density at radius 1 is 1.26 bits per heavy atom. The van der Waals surface area contributed by atoms with Gasteiger partial charge in [0.05, 0.1) is 23.8 Å². The number of halogens is 3. The number of thiazole rings is 1. The van der Waals surface area contributed by atoms with Gasteiger partial charge in [-0.25, -0.2) is 9.78 Å². The van der Waals surface area contributed by atoms with Gasteiger partial charge >= 0.3 is 12.5 Å². The van der Waals surface area contributed by atoms with Gasteiger partial charge < -0.3 is 23.9 Å². The number of nitrogens with zero attached hydrogens (tertiary/aromatic N) is 4. The molecule has 13 heteroatoms. The summed E-state index contributed by atoms with van der Waals surface area (Å²) in [4.78, 5) is 25.2. The average molecular weight is 555 g/mol. The minimum absolute atomic E-state index is 0.0443. The molecule has 2 aliphatic rings. The number of rotatable bonds is 5. The molecule has 0 spiro atoms. The topological polar surface area (TPSA) is 101 Å². The molecule has 5 rings (SSSR count). The normalized spacial score (nSPS) is 20.7. The lowest BCUT2D eigenvalue weighted by molar-refractivity contribution is -0.274. The quantitative estimate of drug-likeness (QED) is 0.417. The van der Waals surface area contributed by atoms with E-state index in [-0.39, 0.29) is 47.3 Å². The Kier molecular flexibility index (Phi) is 6.70. The molecule has 3 atom stereocenters. The standard InChI is InChI=1S/C25H29F3N4O5S/c1-5-17(33)15-10-16(21-29-8-9-38-21)19-18(20(15)36-25(26,27)28)30-22(35-19)31-11-13-6-7-14(12-31)32(13)23(34)37-24(2,3)4/h8-10,13-14,17,33H,5-7,11-12H2,1-4H3. The molecular weight excluding hydrogens is 525 g/mol. The van der Waals surface area contributed by atoms with Crippen LogP contribution in [0.15, 0.2) is 22.1 Å². The van der Waals surface area contributed by atoms with Crippen LogP contribution in [-0.4, -0.2) is 63.2 Å². The summed E-state index contributed by atoms with van der Waals surface area (Å²) in [5.74, 6) is -0.590. The van der Waals surface area contributed by atoms with Gasteiger partial charge in [0.15, 0.2) is 16.8 Å². The largest absolute Gasteiger partial charge is 0.573 e. The second-order valence-corrected chi connectivity index (χ2v) is 11.4. The van der Waals surface area contributed by atoms with E-state index >= 15 is 0 Å². The molecule has 9 nitrogen and oxygen atoms in total. The maximum absolute atomic E-state index is 13.5. The van der Waals surface area contributed by atoms with Gasteiger partial charge in [0.1, 0.15) is 10.6 Å². The van der Waals surface area contributed by atoms with Crippen LogP contribution >= 0.6 is 11.3 Å². The molecule has 206 valence electrons. The Morgan fingerprint density at radius 3 is 2.50 bits per heavy atom. The van der Waals surface area contributed by atoms with Crippen LogP contribution in [0.1, 0.15) is 58.6 Å². The Balaban J connectivity index is 1.56. The van der Waals surface area contributed by atoms with Gasteiger partial charge in [0.25, 0.3) is 6.01 Å². The number of benzene rings is 1. The summed E-state index contributed by atoms with van der Waals surface area (Å²) < 4.78 is 56.5. The van der Waals surface area contributed by atoms with E-state index in [0.717, 1.165) is 12.8 Å². The van der Waals surface area contributed by atoms with Crippen molar-refractivity contribution in [2.45, 2.75) is 77.1 Å². The Labute approximate surface area is 221 Å². The number of aliphatic hydroxyl groups is 1. The van der Waals surface area contributed by atoms with Gasteiger partial charge in [-0.2, -0.15) is 4.98 Å². The molecule has 0 radical (unpaired) electrons. The summed E-state index contributed by atoms with van der Waals surface area (Å²) >= 11 is 1.29. The number of carbonyl (C=O) groups excluding carboxylic acids is 1. The third-order valence-corrected chi connectivity index (χ3v) is 7.43. The number of piperazine rings is 1. The first-order valence-corrected chi connectivity index (χ1v) is 13.3. The molecule has 2 bridgehead atoms. The van der Waals surface area contributed by atoms with Crippen LogP contribution in [0.4, 0.5) is 24.0 Å². The highest BCUT2D eigenvalue weighted by Crippen LogP contribution is 2.45. The zero-order valence-corrected chi connectivity index (χ0v) is 22.2. The van der Waals surface area contributed by atoms with Gasteiger partial charge in [-0.3, -0.25) is 4.90 Å². The van der Waals surface area contributed by atoms with Crippen molar-refractivity contribution in [1.82, 2.24) is 14.9 Å². The summed E-state index contributed by atoms with van der Waals surface area (Å²) in [6.07, 6.45) is -3.34. The minimum atomic E-state index is -5.00. The molecule has 0 saturated carbocycles. The number of anilines is 1. The van der Waals surface area contributed by atoms with E-state index in [1.54, 1.807) is 23.4 Å². The summed E-state index contributed by atoms with van der Waals surface area (Å²) in [5.41, 5.74) is -0.313. The Bertz CT molecular complexity index is 1310. The number of hydrogen-bond donors (Lipinski definition) is 1. The maximum Gasteiger partial charge on any atom is 0.573 e. The van der Waals surface area contributed by atoms with E-state index in [1.165, 1.54) is 17.4 Å². The van der Waals surface area contributed by atoms with E-state index in [0.29, 0.717) is 23.7 Å². The number of ether oxygens (including phenoxy) is 2. The van der Waals surface area contributed by atoms with Crippen molar-refractivity contribution in [2.75, 3.05) is 18.0 Å². The van der Waals surface area contributed by atoms with Crippen molar-refractivity contribution < 1.29 is 37.0 Å². The second-order valence-electron chi connectivity index (χ2n) is 10.5. The Hall–Kier alpha value is -3.06. The fourth-order valence-corrected chi connectivity index (χ4v) is 5.73. The number of aromatic nitrogens is 2. The lowest BCUT2D eigenvalue weighted by atomic mass is 10.0. The molecule has 1 amide bonds. The van der Waals surface area contributed by atoms with Crippen molar-refractivity contribution in [2.24, 2.45) is 0 Å². The van der Waals surface area contributed by atoms with Gasteiger partial charge in [0, 0.05) is 30.2 Å². The van der Waals surface area contributed by atoms with E-state index in [1.807, 2.05) is 25.7 Å². The zero-order chi connectivity index (χ0) is 27.4. The van der Waals surface area contributed by atoms with Crippen molar-refractivity contribution in [3.63, 3.8) is 0 Å². The highest BCUT2D eigenvalue weighted by Gasteiger charge is 2.45. The fraction of sp³-hybridized carbons (Fsp3) is 0.560. The van der Waals surface area contributed by atoms with Crippen LogP contribution in [0, 0.1) is 0 Å². The average Bonchev–Trinajstić information content (AvgIpc) is 3.55. The number of oxazole rings is 1. The molecule has 38 heavy (non-hydrogen) atoms. The van der Waals surface area contributed by atoms with Crippen LogP contribution in [0.25, 0.3) is 21.7 Å². The fourth-order valence-electron chi connectivity index (χ4n) is 5.08. The van der Waals surface area contributed by atoms with Crippen molar-refractivity contribution in [3.05, 3.63) is 23.2 Å². The lowest BCUT2D eigenvalue weighted by Crippen LogP contribution is -2.56. The minimum Gasteiger partial charge on any atom is -0.444 e. The number of aliphatic hydroxyl groups excluding tert-OH is 1. The SMILES string of the molecule is CCC(O)c1cc(-c2nccs2)c2oc(N3CC4CCC(C3)N4C(=O)OC(C)(C)C)nc2c1OC(F)(F)F. The monoisotopic (exact) mass is 554 g/mol.